The molecular formula is C27H36ClN3O. The molecule has 0 aromatic heterocycles. The second kappa shape index (κ2) is 9.84. The second-order valence-electron chi connectivity index (χ2n) is 9.89. The van der Waals surface area contributed by atoms with Crippen molar-refractivity contribution in [2.75, 3.05) is 42.9 Å². The van der Waals surface area contributed by atoms with Crippen LogP contribution in [0.1, 0.15) is 50.7 Å². The summed E-state index contributed by atoms with van der Waals surface area (Å²) in [5, 5.41) is 4.00. The molecule has 4 nitrogen and oxygen atoms in total. The van der Waals surface area contributed by atoms with E-state index in [9.17, 15) is 4.79 Å². The third-order valence-electron chi connectivity index (χ3n) is 7.11. The number of unbranched alkanes of at least 4 members (excludes halogenated alkanes) is 1. The van der Waals surface area contributed by atoms with Crippen molar-refractivity contribution in [3.8, 4) is 0 Å². The summed E-state index contributed by atoms with van der Waals surface area (Å²) in [6.45, 7) is 11.9. The number of carbonyl (C=O) groups is 1. The SMILES string of the molecule is Cc1cccc2c1NC(=O)C2(CCCCN1CCN(c2ccc(Cl)cc2)CC1)CC(C)C. The van der Waals surface area contributed by atoms with Crippen molar-refractivity contribution in [1.82, 2.24) is 4.90 Å². The van der Waals surface area contributed by atoms with Crippen LogP contribution in [0.3, 0.4) is 0 Å². The van der Waals surface area contributed by atoms with E-state index in [0.29, 0.717) is 5.92 Å². The Labute approximate surface area is 197 Å². The van der Waals surface area contributed by atoms with E-state index in [4.69, 9.17) is 11.6 Å². The van der Waals surface area contributed by atoms with Crippen LogP contribution in [0.15, 0.2) is 42.5 Å². The maximum absolute atomic E-state index is 13.2. The molecule has 4 rings (SSSR count). The second-order valence-corrected chi connectivity index (χ2v) is 10.3. The molecule has 32 heavy (non-hydrogen) atoms. The molecule has 2 aliphatic rings. The van der Waals surface area contributed by atoms with Crippen molar-refractivity contribution < 1.29 is 4.79 Å². The van der Waals surface area contributed by atoms with Gasteiger partial charge in [-0.15, -0.1) is 0 Å². The molecule has 1 amide bonds. The first kappa shape index (κ1) is 23.1. The zero-order chi connectivity index (χ0) is 22.7. The summed E-state index contributed by atoms with van der Waals surface area (Å²) in [7, 11) is 0. The molecule has 5 heteroatoms. The van der Waals surface area contributed by atoms with Crippen molar-refractivity contribution in [2.24, 2.45) is 5.92 Å². The Kier molecular flexibility index (Phi) is 7.11. The lowest BCUT2D eigenvalue weighted by Gasteiger charge is -2.36. The number of carbonyl (C=O) groups excluding carboxylic acids is 1. The minimum absolute atomic E-state index is 0.201. The Morgan fingerprint density at radius 3 is 2.44 bits per heavy atom. The van der Waals surface area contributed by atoms with Crippen LogP contribution in [0.2, 0.25) is 5.02 Å². The third-order valence-corrected chi connectivity index (χ3v) is 7.36. The van der Waals surface area contributed by atoms with Crippen LogP contribution in [0.25, 0.3) is 0 Å². The maximum Gasteiger partial charge on any atom is 0.235 e. The minimum Gasteiger partial charge on any atom is -0.369 e. The van der Waals surface area contributed by atoms with Gasteiger partial charge in [0.2, 0.25) is 5.91 Å². The lowest BCUT2D eigenvalue weighted by Crippen LogP contribution is -2.46. The number of amides is 1. The van der Waals surface area contributed by atoms with Gasteiger partial charge in [0, 0.05) is 42.6 Å². The van der Waals surface area contributed by atoms with E-state index in [1.54, 1.807) is 0 Å². The Bertz CT molecular complexity index is 934. The smallest absolute Gasteiger partial charge is 0.235 e. The maximum atomic E-state index is 13.2. The predicted octanol–water partition coefficient (Wildman–Crippen LogP) is 5.88. The average Bonchev–Trinajstić information content (AvgIpc) is 3.05. The van der Waals surface area contributed by atoms with Gasteiger partial charge in [-0.3, -0.25) is 9.69 Å². The topological polar surface area (TPSA) is 35.6 Å². The summed E-state index contributed by atoms with van der Waals surface area (Å²) in [4.78, 5) is 18.2. The fourth-order valence-corrected chi connectivity index (χ4v) is 5.61. The number of nitrogens with one attached hydrogen (secondary N) is 1. The van der Waals surface area contributed by atoms with E-state index in [1.807, 2.05) is 12.1 Å². The molecule has 0 aliphatic carbocycles. The van der Waals surface area contributed by atoms with E-state index in [2.05, 4.69) is 66.2 Å². The van der Waals surface area contributed by atoms with Gasteiger partial charge in [0.15, 0.2) is 0 Å². The fourth-order valence-electron chi connectivity index (χ4n) is 5.48. The standard InChI is InChI=1S/C27H36ClN3O/c1-20(2)19-27(24-8-6-7-21(3)25(24)29-26(27)32)13-4-5-14-30-15-17-31(18-16-30)23-11-9-22(28)10-12-23/h6-12,20H,4-5,13-19H2,1-3H3,(H,29,32). The summed E-state index contributed by atoms with van der Waals surface area (Å²) in [5.41, 5.74) is 4.32. The number of para-hydroxylation sites is 1. The summed E-state index contributed by atoms with van der Waals surface area (Å²) in [6.07, 6.45) is 4.05. The molecule has 2 heterocycles. The molecule has 2 aliphatic heterocycles. The molecule has 1 N–H and O–H groups in total. The van der Waals surface area contributed by atoms with E-state index < -0.39 is 0 Å². The first-order valence-corrected chi connectivity index (χ1v) is 12.4. The van der Waals surface area contributed by atoms with Crippen LogP contribution in [0, 0.1) is 12.8 Å². The Balaban J connectivity index is 1.31. The molecule has 0 radical (unpaired) electrons. The van der Waals surface area contributed by atoms with E-state index in [1.165, 1.54) is 16.8 Å². The minimum atomic E-state index is -0.372. The highest BCUT2D eigenvalue weighted by atomic mass is 35.5. The van der Waals surface area contributed by atoms with Gasteiger partial charge in [0.1, 0.15) is 0 Å². The molecule has 1 atom stereocenters. The van der Waals surface area contributed by atoms with Crippen molar-refractivity contribution in [3.05, 3.63) is 58.6 Å². The van der Waals surface area contributed by atoms with Gasteiger partial charge in [-0.1, -0.05) is 50.1 Å². The number of hydrogen-bond acceptors (Lipinski definition) is 3. The van der Waals surface area contributed by atoms with Gasteiger partial charge in [-0.05, 0) is 74.0 Å². The molecule has 172 valence electrons. The average molecular weight is 454 g/mol. The molecule has 1 saturated heterocycles. The highest BCUT2D eigenvalue weighted by Gasteiger charge is 2.46. The third kappa shape index (κ3) is 4.82. The van der Waals surface area contributed by atoms with Crippen molar-refractivity contribution in [3.63, 3.8) is 0 Å². The quantitative estimate of drug-likeness (QED) is 0.507. The molecule has 0 saturated carbocycles. The Morgan fingerprint density at radius 1 is 1.03 bits per heavy atom. The highest BCUT2D eigenvalue weighted by molar-refractivity contribution is 6.30. The summed E-state index contributed by atoms with van der Waals surface area (Å²) in [6, 6.07) is 14.5. The number of hydrogen-bond donors (Lipinski definition) is 1. The normalized spacial score (nSPS) is 21.2. The first-order chi connectivity index (χ1) is 15.4. The van der Waals surface area contributed by atoms with Gasteiger partial charge in [-0.2, -0.15) is 0 Å². The molecule has 1 unspecified atom stereocenters. The number of nitrogens with zero attached hydrogens (tertiary/aromatic N) is 2. The summed E-state index contributed by atoms with van der Waals surface area (Å²) in [5.74, 6) is 0.681. The number of rotatable bonds is 8. The van der Waals surface area contributed by atoms with Crippen LogP contribution in [-0.2, 0) is 10.2 Å². The number of benzene rings is 2. The van der Waals surface area contributed by atoms with Crippen LogP contribution < -0.4 is 10.2 Å². The fraction of sp³-hybridized carbons (Fsp3) is 0.519. The van der Waals surface area contributed by atoms with Crippen LogP contribution in [0.4, 0.5) is 11.4 Å². The van der Waals surface area contributed by atoms with E-state index in [-0.39, 0.29) is 11.3 Å². The van der Waals surface area contributed by atoms with Gasteiger partial charge in [0.25, 0.3) is 0 Å². The van der Waals surface area contributed by atoms with Crippen LogP contribution in [-0.4, -0.2) is 43.5 Å². The summed E-state index contributed by atoms with van der Waals surface area (Å²) >= 11 is 6.02. The Hall–Kier alpha value is -2.04. The zero-order valence-electron chi connectivity index (χ0n) is 19.7. The molecular weight excluding hydrogens is 418 g/mol. The molecule has 0 bridgehead atoms. The van der Waals surface area contributed by atoms with Crippen LogP contribution >= 0.6 is 11.6 Å². The lowest BCUT2D eigenvalue weighted by molar-refractivity contribution is -0.121. The number of piperazine rings is 1. The van der Waals surface area contributed by atoms with Crippen molar-refractivity contribution >= 4 is 28.9 Å². The number of aryl methyl sites for hydroxylation is 1. The number of halogens is 1. The van der Waals surface area contributed by atoms with Gasteiger partial charge >= 0.3 is 0 Å². The zero-order valence-corrected chi connectivity index (χ0v) is 20.4. The van der Waals surface area contributed by atoms with Gasteiger partial charge in [0.05, 0.1) is 5.41 Å². The molecule has 2 aromatic carbocycles. The van der Waals surface area contributed by atoms with Gasteiger partial charge in [-0.25, -0.2) is 0 Å². The molecule has 1 fully saturated rings. The number of fused-ring (bicyclic) bond motifs is 1. The van der Waals surface area contributed by atoms with Crippen molar-refractivity contribution in [1.29, 1.82) is 0 Å². The Morgan fingerprint density at radius 2 is 1.75 bits per heavy atom. The number of anilines is 2. The first-order valence-electron chi connectivity index (χ1n) is 12.0. The van der Waals surface area contributed by atoms with Crippen molar-refractivity contribution in [2.45, 2.75) is 51.9 Å². The van der Waals surface area contributed by atoms with E-state index in [0.717, 1.165) is 69.1 Å². The molecule has 2 aromatic rings. The summed E-state index contributed by atoms with van der Waals surface area (Å²) < 4.78 is 0. The van der Waals surface area contributed by atoms with Crippen LogP contribution in [0.5, 0.6) is 0 Å². The van der Waals surface area contributed by atoms with E-state index >= 15 is 0 Å². The highest BCUT2D eigenvalue weighted by Crippen LogP contribution is 2.46. The van der Waals surface area contributed by atoms with Gasteiger partial charge < -0.3 is 10.2 Å². The monoisotopic (exact) mass is 453 g/mol. The molecule has 0 spiro atoms. The lowest BCUT2D eigenvalue weighted by atomic mass is 9.71. The predicted molar refractivity (Wildman–Crippen MR) is 135 cm³/mol. The largest absolute Gasteiger partial charge is 0.369 e.